The normalized spacial score (nSPS) is 10.2. The van der Waals surface area contributed by atoms with E-state index in [0.717, 1.165) is 9.50 Å². The van der Waals surface area contributed by atoms with Crippen molar-refractivity contribution in [2.24, 2.45) is 0 Å². The van der Waals surface area contributed by atoms with Crippen LogP contribution in [-0.4, -0.2) is 23.8 Å². The Bertz CT molecular complexity index is 637. The zero-order chi connectivity index (χ0) is 15.2. The number of ether oxygens (including phenoxy) is 1. The Labute approximate surface area is 140 Å². The van der Waals surface area contributed by atoms with Gasteiger partial charge in [0.05, 0.1) is 23.6 Å². The number of carbonyl (C=O) groups is 1. The molecule has 0 fully saturated rings. The molecule has 0 unspecified atom stereocenters. The fourth-order valence-electron chi connectivity index (χ4n) is 1.55. The minimum atomic E-state index is -0.148. The maximum atomic E-state index is 12.0. The smallest absolute Gasteiger partial charge is 0.234 e. The van der Waals surface area contributed by atoms with Gasteiger partial charge in [0.15, 0.2) is 0 Å². The minimum absolute atomic E-state index is 0.148. The molecule has 1 amide bonds. The van der Waals surface area contributed by atoms with Gasteiger partial charge in [0, 0.05) is 15.7 Å². The summed E-state index contributed by atoms with van der Waals surface area (Å²) in [6.07, 6.45) is 1.69. The highest BCUT2D eigenvalue weighted by Gasteiger charge is 2.09. The molecule has 21 heavy (non-hydrogen) atoms. The molecular formula is C14H12BrClN2O2S. The quantitative estimate of drug-likeness (QED) is 0.780. The molecule has 0 spiro atoms. The van der Waals surface area contributed by atoms with Crippen molar-refractivity contribution in [3.05, 3.63) is 46.0 Å². The highest BCUT2D eigenvalue weighted by atomic mass is 79.9. The van der Waals surface area contributed by atoms with Gasteiger partial charge in [-0.15, -0.1) is 0 Å². The standard InChI is InChI=1S/C14H12BrClN2O2S/c1-20-12-4-3-10(16)6-11(12)18-13(19)8-21-14-5-2-9(15)7-17-14/h2-7H,8H2,1H3,(H,18,19). The Morgan fingerprint density at radius 3 is 2.90 bits per heavy atom. The summed E-state index contributed by atoms with van der Waals surface area (Å²) in [6, 6.07) is 8.80. The number of hydrogen-bond acceptors (Lipinski definition) is 4. The molecule has 1 aromatic carbocycles. The number of amides is 1. The number of thioether (sulfide) groups is 1. The Kier molecular flexibility index (Phi) is 5.90. The lowest BCUT2D eigenvalue weighted by Gasteiger charge is -2.10. The lowest BCUT2D eigenvalue weighted by molar-refractivity contribution is -0.113. The maximum absolute atomic E-state index is 12.0. The van der Waals surface area contributed by atoms with Gasteiger partial charge in [-0.05, 0) is 46.3 Å². The fraction of sp³-hybridized carbons (Fsp3) is 0.143. The van der Waals surface area contributed by atoms with Crippen molar-refractivity contribution in [1.82, 2.24) is 4.98 Å². The van der Waals surface area contributed by atoms with Crippen LogP contribution in [0.15, 0.2) is 46.0 Å². The molecule has 0 aliphatic rings. The van der Waals surface area contributed by atoms with Crippen LogP contribution in [0.1, 0.15) is 0 Å². The monoisotopic (exact) mass is 386 g/mol. The van der Waals surface area contributed by atoms with E-state index >= 15 is 0 Å². The molecule has 2 rings (SSSR count). The first-order chi connectivity index (χ1) is 10.1. The summed E-state index contributed by atoms with van der Waals surface area (Å²) in [5.74, 6) is 0.675. The number of hydrogen-bond donors (Lipinski definition) is 1. The molecule has 110 valence electrons. The molecule has 0 atom stereocenters. The summed E-state index contributed by atoms with van der Waals surface area (Å²) in [5.41, 5.74) is 0.555. The number of halogens is 2. The molecule has 1 N–H and O–H groups in total. The SMILES string of the molecule is COc1ccc(Cl)cc1NC(=O)CSc1ccc(Br)cn1. The Morgan fingerprint density at radius 2 is 2.24 bits per heavy atom. The van der Waals surface area contributed by atoms with Crippen LogP contribution in [0, 0.1) is 0 Å². The van der Waals surface area contributed by atoms with Crippen LogP contribution in [0.25, 0.3) is 0 Å². The van der Waals surface area contributed by atoms with Crippen molar-refractivity contribution in [2.45, 2.75) is 5.03 Å². The predicted octanol–water partition coefficient (Wildman–Crippen LogP) is 4.24. The molecule has 1 aromatic heterocycles. The third kappa shape index (κ3) is 4.91. The van der Waals surface area contributed by atoms with E-state index in [-0.39, 0.29) is 11.7 Å². The van der Waals surface area contributed by atoms with E-state index < -0.39 is 0 Å². The summed E-state index contributed by atoms with van der Waals surface area (Å²) in [4.78, 5) is 16.2. The largest absolute Gasteiger partial charge is 0.495 e. The first-order valence-corrected chi connectivity index (χ1v) is 8.12. The van der Waals surface area contributed by atoms with Gasteiger partial charge in [0.25, 0.3) is 0 Å². The number of nitrogens with one attached hydrogen (secondary N) is 1. The molecule has 0 radical (unpaired) electrons. The van der Waals surface area contributed by atoms with Crippen molar-refractivity contribution in [3.63, 3.8) is 0 Å². The van der Waals surface area contributed by atoms with E-state index in [4.69, 9.17) is 16.3 Å². The molecule has 0 saturated heterocycles. The third-order valence-corrected chi connectivity index (χ3v) is 4.13. The van der Waals surface area contributed by atoms with E-state index in [1.54, 1.807) is 31.5 Å². The van der Waals surface area contributed by atoms with Crippen LogP contribution in [-0.2, 0) is 4.79 Å². The van der Waals surface area contributed by atoms with E-state index in [2.05, 4.69) is 26.2 Å². The van der Waals surface area contributed by atoms with Gasteiger partial charge < -0.3 is 10.1 Å². The number of methoxy groups -OCH3 is 1. The summed E-state index contributed by atoms with van der Waals surface area (Å²) in [7, 11) is 1.54. The van der Waals surface area contributed by atoms with Crippen LogP contribution in [0.4, 0.5) is 5.69 Å². The molecule has 0 aliphatic heterocycles. The second-order valence-corrected chi connectivity index (χ2v) is 6.34. The van der Waals surface area contributed by atoms with Gasteiger partial charge >= 0.3 is 0 Å². The maximum Gasteiger partial charge on any atom is 0.234 e. The number of pyridine rings is 1. The van der Waals surface area contributed by atoms with Gasteiger partial charge in [-0.1, -0.05) is 23.4 Å². The van der Waals surface area contributed by atoms with E-state index in [1.807, 2.05) is 12.1 Å². The van der Waals surface area contributed by atoms with Crippen LogP contribution >= 0.6 is 39.3 Å². The zero-order valence-corrected chi connectivity index (χ0v) is 14.3. The minimum Gasteiger partial charge on any atom is -0.495 e. The average molecular weight is 388 g/mol. The number of nitrogens with zero attached hydrogens (tertiary/aromatic N) is 1. The van der Waals surface area contributed by atoms with Crippen LogP contribution in [0.3, 0.4) is 0 Å². The number of rotatable bonds is 5. The molecule has 0 bridgehead atoms. The summed E-state index contributed by atoms with van der Waals surface area (Å²) < 4.78 is 6.08. The Morgan fingerprint density at radius 1 is 1.43 bits per heavy atom. The van der Waals surface area contributed by atoms with Crippen LogP contribution in [0.2, 0.25) is 5.02 Å². The Balaban J connectivity index is 1.95. The van der Waals surface area contributed by atoms with Gasteiger partial charge in [-0.3, -0.25) is 4.79 Å². The summed E-state index contributed by atoms with van der Waals surface area (Å²) >= 11 is 10.6. The molecule has 1 heterocycles. The molecular weight excluding hydrogens is 376 g/mol. The van der Waals surface area contributed by atoms with Crippen molar-refractivity contribution < 1.29 is 9.53 Å². The van der Waals surface area contributed by atoms with Crippen LogP contribution < -0.4 is 10.1 Å². The summed E-state index contributed by atoms with van der Waals surface area (Å²) in [6.45, 7) is 0. The lowest BCUT2D eigenvalue weighted by atomic mass is 10.3. The second-order valence-electron chi connectivity index (χ2n) is 4.00. The molecule has 0 saturated carbocycles. The number of benzene rings is 1. The number of anilines is 1. The van der Waals surface area contributed by atoms with Gasteiger partial charge in [0.2, 0.25) is 5.91 Å². The fourth-order valence-corrected chi connectivity index (χ4v) is 2.60. The number of aromatic nitrogens is 1. The molecule has 4 nitrogen and oxygen atoms in total. The van der Waals surface area contributed by atoms with Gasteiger partial charge in [0.1, 0.15) is 5.75 Å². The topological polar surface area (TPSA) is 51.2 Å². The molecule has 0 aliphatic carbocycles. The zero-order valence-electron chi connectivity index (χ0n) is 11.1. The first kappa shape index (κ1) is 16.1. The van der Waals surface area contributed by atoms with E-state index in [9.17, 15) is 4.79 Å². The average Bonchev–Trinajstić information content (AvgIpc) is 2.47. The number of carbonyl (C=O) groups excluding carboxylic acids is 1. The molecule has 2 aromatic rings. The van der Waals surface area contributed by atoms with Crippen molar-refractivity contribution in [1.29, 1.82) is 0 Å². The predicted molar refractivity (Wildman–Crippen MR) is 89.3 cm³/mol. The highest BCUT2D eigenvalue weighted by molar-refractivity contribution is 9.10. The van der Waals surface area contributed by atoms with Gasteiger partial charge in [-0.2, -0.15) is 0 Å². The van der Waals surface area contributed by atoms with Crippen LogP contribution in [0.5, 0.6) is 5.75 Å². The molecule has 7 heteroatoms. The summed E-state index contributed by atoms with van der Waals surface area (Å²) in [5, 5.41) is 4.10. The second kappa shape index (κ2) is 7.68. The first-order valence-electron chi connectivity index (χ1n) is 5.96. The van der Waals surface area contributed by atoms with E-state index in [0.29, 0.717) is 16.5 Å². The van der Waals surface area contributed by atoms with Gasteiger partial charge in [-0.25, -0.2) is 4.98 Å². The highest BCUT2D eigenvalue weighted by Crippen LogP contribution is 2.28. The Hall–Kier alpha value is -1.24. The van der Waals surface area contributed by atoms with E-state index in [1.165, 1.54) is 11.8 Å². The van der Waals surface area contributed by atoms with Crippen molar-refractivity contribution >= 4 is 50.9 Å². The lowest BCUT2D eigenvalue weighted by Crippen LogP contribution is -2.14. The third-order valence-electron chi connectivity index (χ3n) is 2.49. The van der Waals surface area contributed by atoms with Crippen molar-refractivity contribution in [3.8, 4) is 5.75 Å². The van der Waals surface area contributed by atoms with Crippen molar-refractivity contribution in [2.75, 3.05) is 18.2 Å².